The van der Waals surface area contributed by atoms with Gasteiger partial charge in [-0.3, -0.25) is 14.4 Å². The molecule has 0 radical (unpaired) electrons. The van der Waals surface area contributed by atoms with Crippen LogP contribution < -0.4 is 17.2 Å². The van der Waals surface area contributed by atoms with E-state index in [4.69, 9.17) is 32.5 Å². The molecular formula is C16H31N5O6. The summed E-state index contributed by atoms with van der Waals surface area (Å²) in [6, 6.07) is -2.28. The topological polar surface area (TPSA) is 219 Å². The summed E-state index contributed by atoms with van der Waals surface area (Å²) in [7, 11) is 0. The van der Waals surface area contributed by atoms with Crippen molar-refractivity contribution in [2.75, 3.05) is 0 Å². The van der Waals surface area contributed by atoms with Crippen molar-refractivity contribution in [3.8, 4) is 0 Å². The van der Waals surface area contributed by atoms with Crippen LogP contribution in [0.2, 0.25) is 0 Å². The van der Waals surface area contributed by atoms with E-state index < -0.39 is 36.0 Å². The van der Waals surface area contributed by atoms with Crippen molar-refractivity contribution in [1.82, 2.24) is 9.97 Å². The molecule has 156 valence electrons. The minimum Gasteiger partial charge on any atom is -0.480 e. The van der Waals surface area contributed by atoms with Crippen LogP contribution in [0.1, 0.15) is 33.4 Å². The number of nitrogens with two attached hydrogens (primary N) is 3. The van der Waals surface area contributed by atoms with Crippen molar-refractivity contribution in [3.05, 3.63) is 18.2 Å². The molecule has 0 fully saturated rings. The first kappa shape index (κ1) is 26.7. The summed E-state index contributed by atoms with van der Waals surface area (Å²) in [6.45, 7) is 7.11. The number of nitrogens with one attached hydrogen (secondary N) is 1. The van der Waals surface area contributed by atoms with Gasteiger partial charge in [0.05, 0.1) is 6.33 Å². The summed E-state index contributed by atoms with van der Waals surface area (Å²) in [4.78, 5) is 36.8. The maximum Gasteiger partial charge on any atom is 0.320 e. The number of carbonyl (C=O) groups is 3. The smallest absolute Gasteiger partial charge is 0.320 e. The fraction of sp³-hybridized carbons (Fsp3) is 0.625. The lowest BCUT2D eigenvalue weighted by Crippen LogP contribution is -2.34. The first-order valence-corrected chi connectivity index (χ1v) is 8.23. The Labute approximate surface area is 158 Å². The highest BCUT2D eigenvalue weighted by molar-refractivity contribution is 5.74. The van der Waals surface area contributed by atoms with E-state index in [2.05, 4.69) is 9.97 Å². The van der Waals surface area contributed by atoms with Crippen molar-refractivity contribution in [2.45, 2.75) is 52.2 Å². The average molecular weight is 389 g/mol. The van der Waals surface area contributed by atoms with E-state index in [-0.39, 0.29) is 18.3 Å². The molecule has 1 heterocycles. The molecule has 0 aliphatic heterocycles. The summed E-state index contributed by atoms with van der Waals surface area (Å²) in [5, 5.41) is 24.9. The first-order chi connectivity index (χ1) is 12.3. The van der Waals surface area contributed by atoms with Gasteiger partial charge in [0, 0.05) is 18.3 Å². The summed E-state index contributed by atoms with van der Waals surface area (Å²) < 4.78 is 0. The Hall–Kier alpha value is -2.50. The van der Waals surface area contributed by atoms with Gasteiger partial charge in [0.1, 0.15) is 18.1 Å². The fourth-order valence-electron chi connectivity index (χ4n) is 1.29. The third kappa shape index (κ3) is 13.4. The molecule has 11 nitrogen and oxygen atoms in total. The van der Waals surface area contributed by atoms with Crippen molar-refractivity contribution < 1.29 is 29.7 Å². The second-order valence-corrected chi connectivity index (χ2v) is 6.44. The van der Waals surface area contributed by atoms with Crippen LogP contribution in [0.5, 0.6) is 0 Å². The molecule has 1 unspecified atom stereocenters. The minimum atomic E-state index is -1.00. The molecule has 0 aromatic carbocycles. The Morgan fingerprint density at radius 1 is 0.926 bits per heavy atom. The van der Waals surface area contributed by atoms with Crippen LogP contribution in [-0.2, 0) is 20.8 Å². The zero-order valence-electron chi connectivity index (χ0n) is 16.0. The molecule has 0 aliphatic carbocycles. The minimum absolute atomic E-state index is 0.0208. The van der Waals surface area contributed by atoms with E-state index in [9.17, 15) is 14.4 Å². The Morgan fingerprint density at radius 2 is 1.33 bits per heavy atom. The van der Waals surface area contributed by atoms with Gasteiger partial charge in [-0.15, -0.1) is 0 Å². The second kappa shape index (κ2) is 13.7. The number of H-pyrrole nitrogens is 1. The van der Waals surface area contributed by atoms with E-state index in [1.165, 1.54) is 6.33 Å². The lowest BCUT2D eigenvalue weighted by molar-refractivity contribution is -0.140. The van der Waals surface area contributed by atoms with E-state index >= 15 is 0 Å². The fourth-order valence-corrected chi connectivity index (χ4v) is 1.29. The van der Waals surface area contributed by atoms with Gasteiger partial charge in [-0.05, 0) is 11.8 Å². The Morgan fingerprint density at radius 3 is 1.52 bits per heavy atom. The molecule has 10 N–H and O–H groups in total. The zero-order chi connectivity index (χ0) is 21.7. The summed E-state index contributed by atoms with van der Waals surface area (Å²) in [6.07, 6.45) is 3.34. The van der Waals surface area contributed by atoms with Crippen molar-refractivity contribution >= 4 is 17.9 Å². The normalized spacial score (nSPS) is 13.5. The maximum absolute atomic E-state index is 10.3. The molecule has 0 aliphatic rings. The summed E-state index contributed by atoms with van der Waals surface area (Å²) >= 11 is 0. The van der Waals surface area contributed by atoms with Crippen LogP contribution in [0, 0.1) is 11.8 Å². The molecule has 1 rings (SSSR count). The second-order valence-electron chi connectivity index (χ2n) is 6.44. The van der Waals surface area contributed by atoms with E-state index in [1.54, 1.807) is 33.9 Å². The lowest BCUT2D eigenvalue weighted by Gasteiger charge is -2.07. The van der Waals surface area contributed by atoms with Gasteiger partial charge in [0.2, 0.25) is 0 Å². The van der Waals surface area contributed by atoms with Crippen LogP contribution in [0.15, 0.2) is 12.5 Å². The molecule has 11 heteroatoms. The maximum atomic E-state index is 10.3. The van der Waals surface area contributed by atoms with Crippen LogP contribution >= 0.6 is 0 Å². The molecule has 0 bridgehead atoms. The molecule has 0 saturated carbocycles. The Balaban J connectivity index is 0. The third-order valence-electron chi connectivity index (χ3n) is 3.32. The van der Waals surface area contributed by atoms with Crippen molar-refractivity contribution in [1.29, 1.82) is 0 Å². The zero-order valence-corrected chi connectivity index (χ0v) is 16.0. The Kier molecular flexibility index (Phi) is 13.5. The number of hydrogen-bond acceptors (Lipinski definition) is 7. The van der Waals surface area contributed by atoms with Crippen molar-refractivity contribution in [3.63, 3.8) is 0 Å². The average Bonchev–Trinajstić information content (AvgIpc) is 3.06. The predicted octanol–water partition coefficient (Wildman–Crippen LogP) is -0.527. The van der Waals surface area contributed by atoms with Gasteiger partial charge in [0.25, 0.3) is 0 Å². The quantitative estimate of drug-likeness (QED) is 0.316. The highest BCUT2D eigenvalue weighted by Crippen LogP contribution is 1.97. The number of aliphatic carboxylic acids is 3. The first-order valence-electron chi connectivity index (χ1n) is 8.23. The SMILES string of the molecule is CC(C)C(N)C(=O)O.CC(C)[C@H](N)C(=O)O.N[C@@H](Cc1cnc[nH]1)C(=O)O. The van der Waals surface area contributed by atoms with Gasteiger partial charge in [0.15, 0.2) is 0 Å². The third-order valence-corrected chi connectivity index (χ3v) is 3.32. The molecule has 0 saturated heterocycles. The summed E-state index contributed by atoms with van der Waals surface area (Å²) in [5.41, 5.74) is 16.3. The number of aromatic amines is 1. The number of carboxylic acids is 3. The molecule has 27 heavy (non-hydrogen) atoms. The predicted molar refractivity (Wildman–Crippen MR) is 98.8 cm³/mol. The number of hydrogen-bond donors (Lipinski definition) is 7. The van der Waals surface area contributed by atoms with Gasteiger partial charge in [-0.25, -0.2) is 4.98 Å². The van der Waals surface area contributed by atoms with E-state index in [0.29, 0.717) is 0 Å². The van der Waals surface area contributed by atoms with Gasteiger partial charge in [-0.2, -0.15) is 0 Å². The van der Waals surface area contributed by atoms with Crippen LogP contribution in [0.25, 0.3) is 0 Å². The van der Waals surface area contributed by atoms with Crippen LogP contribution in [0.4, 0.5) is 0 Å². The molecule has 1 aromatic rings. The van der Waals surface area contributed by atoms with E-state index in [1.807, 2.05) is 0 Å². The van der Waals surface area contributed by atoms with Gasteiger partial charge in [-0.1, -0.05) is 27.7 Å². The molecule has 0 spiro atoms. The number of rotatable bonds is 7. The largest absolute Gasteiger partial charge is 0.480 e. The standard InChI is InChI=1S/C6H9N3O2.2C5H11NO2/c7-5(6(10)11)1-4-2-8-3-9-4;2*1-3(2)4(6)5(7)8/h2-3,5H,1,7H2,(H,8,9)(H,10,11);2*3-4H,6H2,1-2H3,(H,7,8)/t5-;4-;/m00./s1. The van der Waals surface area contributed by atoms with Crippen LogP contribution in [-0.4, -0.2) is 61.3 Å². The monoisotopic (exact) mass is 389 g/mol. The highest BCUT2D eigenvalue weighted by Gasteiger charge is 2.15. The molecule has 3 atom stereocenters. The van der Waals surface area contributed by atoms with Crippen LogP contribution in [0.3, 0.4) is 0 Å². The Bertz CT molecular complexity index is 538. The number of carboxylic acid groups (broad SMARTS) is 3. The van der Waals surface area contributed by atoms with E-state index in [0.717, 1.165) is 5.69 Å². The number of aromatic nitrogens is 2. The van der Waals surface area contributed by atoms with Gasteiger partial charge < -0.3 is 37.5 Å². The molecular weight excluding hydrogens is 358 g/mol. The highest BCUT2D eigenvalue weighted by atomic mass is 16.4. The molecule has 0 amide bonds. The van der Waals surface area contributed by atoms with Crippen molar-refractivity contribution in [2.24, 2.45) is 29.0 Å². The number of imidazole rings is 1. The lowest BCUT2D eigenvalue weighted by atomic mass is 10.1. The van der Waals surface area contributed by atoms with Gasteiger partial charge >= 0.3 is 17.9 Å². The summed E-state index contributed by atoms with van der Waals surface area (Å²) in [5.74, 6) is -2.82. The molecule has 1 aromatic heterocycles. The number of nitrogens with zero attached hydrogens (tertiary/aromatic N) is 1.